The molecule has 0 spiro atoms. The molecule has 8 heavy (non-hydrogen) atoms. The van der Waals surface area contributed by atoms with Crippen LogP contribution < -0.4 is 0 Å². The number of carboxylic acid groups (broad SMARTS) is 1. The average molecular weight is 102 g/mol. The molecular weight excluding hydrogens is 93.9 g/mol. The molecule has 0 rings (SSSR count). The van der Waals surface area contributed by atoms with E-state index < -0.39 is 5.97 Å². The van der Waals surface area contributed by atoms with Crippen molar-refractivity contribution in [3.8, 4) is 0 Å². The van der Waals surface area contributed by atoms with Crippen LogP contribution in [-0.2, 0) is 4.79 Å². The minimum atomic E-state index is -0.935. The third-order valence-corrected chi connectivity index (χ3v) is 0.365. The Morgan fingerprint density at radius 3 is 1.62 bits per heavy atom. The molecule has 0 unspecified atom stereocenters. The molecule has 38 valence electrons. The van der Waals surface area contributed by atoms with Gasteiger partial charge >= 0.3 is 43.7 Å². The van der Waals surface area contributed by atoms with Crippen LogP contribution >= 0.6 is 0 Å². The molecule has 0 aromatic heterocycles. The van der Waals surface area contributed by atoms with E-state index in [1.807, 2.05) is 0 Å². The Balaban J connectivity index is -0.000000125. The number of aliphatic carboxylic acids is 1. The molecule has 0 aromatic rings. The zero-order valence-corrected chi connectivity index (χ0v) is 3.56. The minimum absolute atomic E-state index is 0. The normalized spacial score (nSPS) is 5.62. The summed E-state index contributed by atoms with van der Waals surface area (Å²) < 4.78 is 0. The second kappa shape index (κ2) is 7.40. The molecule has 0 amide bonds. The van der Waals surface area contributed by atoms with Crippen LogP contribution in [0.4, 0.5) is 0 Å². The first kappa shape index (κ1) is 15.8. The summed E-state index contributed by atoms with van der Waals surface area (Å²) in [5.41, 5.74) is 0.176. The van der Waals surface area contributed by atoms with Gasteiger partial charge in [0.05, 0.1) is 0 Å². The van der Waals surface area contributed by atoms with Crippen molar-refractivity contribution in [2.45, 2.75) is 6.92 Å². The molecule has 0 saturated heterocycles. The van der Waals surface area contributed by atoms with Crippen molar-refractivity contribution in [2.75, 3.05) is 0 Å². The molecule has 0 radical (unpaired) electrons. The summed E-state index contributed by atoms with van der Waals surface area (Å²) in [5.74, 6) is -0.935. The van der Waals surface area contributed by atoms with Crippen LogP contribution in [0.5, 0.6) is 0 Å². The van der Waals surface area contributed by atoms with Gasteiger partial charge in [0.15, 0.2) is 0 Å². The van der Waals surface area contributed by atoms with Gasteiger partial charge in [-0.15, -0.1) is 0 Å². The molecule has 0 atom stereocenters. The topological polar surface area (TPSA) is 37.3 Å². The predicted molar refractivity (Wildman–Crippen MR) is 36.7 cm³/mol. The molecule has 0 aliphatic heterocycles. The van der Waals surface area contributed by atoms with Crippen molar-refractivity contribution in [3.05, 3.63) is 12.2 Å². The van der Waals surface area contributed by atoms with Crippen LogP contribution in [0.2, 0.25) is 0 Å². The second-order valence-electron chi connectivity index (χ2n) is 1.09. The van der Waals surface area contributed by atoms with Crippen LogP contribution in [0, 0.1) is 0 Å². The zero-order valence-electron chi connectivity index (χ0n) is 3.56. The Hall–Kier alpha value is 0.405. The molecular formula is C4H8Li2O2. The monoisotopic (exact) mass is 102 g/mol. The van der Waals surface area contributed by atoms with E-state index in [0.29, 0.717) is 0 Å². The van der Waals surface area contributed by atoms with Gasteiger partial charge in [0.2, 0.25) is 0 Å². The standard InChI is InChI=1S/C4H6O2.2Li.2H/c1-3(2)4(5)6;;;;/h1H2,2H3,(H,5,6);;;;. The summed E-state index contributed by atoms with van der Waals surface area (Å²) in [5, 5.41) is 7.89. The van der Waals surface area contributed by atoms with E-state index in [0.717, 1.165) is 0 Å². The van der Waals surface area contributed by atoms with Gasteiger partial charge in [-0.3, -0.25) is 0 Å². The van der Waals surface area contributed by atoms with Gasteiger partial charge in [-0.1, -0.05) is 6.58 Å². The predicted octanol–water partition coefficient (Wildman–Crippen LogP) is -0.650. The quantitative estimate of drug-likeness (QED) is 0.353. The van der Waals surface area contributed by atoms with Gasteiger partial charge in [0.25, 0.3) is 0 Å². The van der Waals surface area contributed by atoms with Crippen molar-refractivity contribution in [1.29, 1.82) is 0 Å². The van der Waals surface area contributed by atoms with E-state index in [1.165, 1.54) is 6.92 Å². The Bertz CT molecular complexity index is 78.0. The van der Waals surface area contributed by atoms with E-state index in [1.54, 1.807) is 0 Å². The summed E-state index contributed by atoms with van der Waals surface area (Å²) in [6, 6.07) is 0. The average Bonchev–Trinajstić information content (AvgIpc) is 1.36. The summed E-state index contributed by atoms with van der Waals surface area (Å²) in [6.07, 6.45) is 0. The third-order valence-electron chi connectivity index (χ3n) is 0.365. The molecule has 0 bridgehead atoms. The zero-order chi connectivity index (χ0) is 5.15. The Morgan fingerprint density at radius 2 is 1.62 bits per heavy atom. The molecule has 4 heteroatoms. The first-order chi connectivity index (χ1) is 2.64. The van der Waals surface area contributed by atoms with Crippen LogP contribution in [0.25, 0.3) is 0 Å². The van der Waals surface area contributed by atoms with Gasteiger partial charge in [0.1, 0.15) is 0 Å². The maximum absolute atomic E-state index is 9.60. The number of hydrogen-bond acceptors (Lipinski definition) is 1. The van der Waals surface area contributed by atoms with Gasteiger partial charge in [0, 0.05) is 5.57 Å². The van der Waals surface area contributed by atoms with E-state index >= 15 is 0 Å². The first-order valence-electron chi connectivity index (χ1n) is 1.53. The van der Waals surface area contributed by atoms with Gasteiger partial charge < -0.3 is 5.11 Å². The number of carbonyl (C=O) groups is 1. The van der Waals surface area contributed by atoms with Crippen LogP contribution in [-0.4, -0.2) is 48.8 Å². The number of carboxylic acids is 1. The summed E-state index contributed by atoms with van der Waals surface area (Å²) in [4.78, 5) is 9.60. The molecule has 0 aromatic carbocycles. The van der Waals surface area contributed by atoms with Crippen molar-refractivity contribution >= 4 is 43.7 Å². The molecule has 2 nitrogen and oxygen atoms in total. The SMILES string of the molecule is C=C(C)C(=O)O.[LiH].[LiH]. The summed E-state index contributed by atoms with van der Waals surface area (Å²) in [7, 11) is 0. The summed E-state index contributed by atoms with van der Waals surface area (Å²) >= 11 is 0. The Morgan fingerprint density at radius 1 is 1.50 bits per heavy atom. The third kappa shape index (κ3) is 9.64. The first-order valence-corrected chi connectivity index (χ1v) is 1.53. The molecule has 0 fully saturated rings. The fourth-order valence-electron chi connectivity index (χ4n) is 0. The van der Waals surface area contributed by atoms with Crippen molar-refractivity contribution in [3.63, 3.8) is 0 Å². The molecule has 0 aliphatic carbocycles. The van der Waals surface area contributed by atoms with E-state index in [9.17, 15) is 4.79 Å². The molecule has 0 heterocycles. The summed E-state index contributed by atoms with van der Waals surface area (Å²) in [6.45, 7) is 4.60. The number of rotatable bonds is 1. The molecule has 0 saturated carbocycles. The number of hydrogen-bond donors (Lipinski definition) is 1. The Kier molecular flexibility index (Phi) is 14.6. The molecule has 0 aliphatic rings. The van der Waals surface area contributed by atoms with Gasteiger partial charge in [-0.25, -0.2) is 4.79 Å². The van der Waals surface area contributed by atoms with Gasteiger partial charge in [-0.05, 0) is 6.92 Å². The fraction of sp³-hybridized carbons (Fsp3) is 0.250. The molecule has 1 N–H and O–H groups in total. The van der Waals surface area contributed by atoms with Crippen LogP contribution in [0.1, 0.15) is 6.92 Å². The second-order valence-corrected chi connectivity index (χ2v) is 1.09. The fourth-order valence-corrected chi connectivity index (χ4v) is 0. The van der Waals surface area contributed by atoms with E-state index in [4.69, 9.17) is 5.11 Å². The van der Waals surface area contributed by atoms with Crippen LogP contribution in [0.3, 0.4) is 0 Å². The van der Waals surface area contributed by atoms with Crippen molar-refractivity contribution in [2.24, 2.45) is 0 Å². The van der Waals surface area contributed by atoms with E-state index in [-0.39, 0.29) is 43.3 Å². The van der Waals surface area contributed by atoms with Crippen molar-refractivity contribution < 1.29 is 9.90 Å². The van der Waals surface area contributed by atoms with Crippen LogP contribution in [0.15, 0.2) is 12.2 Å². The van der Waals surface area contributed by atoms with E-state index in [2.05, 4.69) is 6.58 Å². The maximum atomic E-state index is 9.60. The van der Waals surface area contributed by atoms with Gasteiger partial charge in [-0.2, -0.15) is 0 Å². The van der Waals surface area contributed by atoms with Crippen molar-refractivity contribution in [1.82, 2.24) is 0 Å². The Labute approximate surface area is 72.7 Å².